The van der Waals surface area contributed by atoms with Crippen LogP contribution in [0.2, 0.25) is 0 Å². The number of carbonyl (C=O) groups excluding carboxylic acids is 1. The number of rotatable bonds is 5. The van der Waals surface area contributed by atoms with E-state index < -0.39 is 10.0 Å². The highest BCUT2D eigenvalue weighted by Crippen LogP contribution is 2.46. The van der Waals surface area contributed by atoms with Gasteiger partial charge >= 0.3 is 0 Å². The molecule has 1 aliphatic carbocycles. The van der Waals surface area contributed by atoms with Crippen molar-refractivity contribution in [1.29, 1.82) is 0 Å². The predicted octanol–water partition coefficient (Wildman–Crippen LogP) is 4.32. The van der Waals surface area contributed by atoms with E-state index >= 15 is 0 Å². The molecular formula is C23H22N2O4S2. The average molecular weight is 455 g/mol. The van der Waals surface area contributed by atoms with Gasteiger partial charge in [0, 0.05) is 31.0 Å². The van der Waals surface area contributed by atoms with Crippen molar-refractivity contribution in [2.75, 3.05) is 13.1 Å². The van der Waals surface area contributed by atoms with Gasteiger partial charge in [-0.2, -0.15) is 4.31 Å². The first-order valence-electron chi connectivity index (χ1n) is 10.2. The van der Waals surface area contributed by atoms with Crippen molar-refractivity contribution >= 4 is 27.1 Å². The minimum absolute atomic E-state index is 0.144. The first kappa shape index (κ1) is 20.4. The van der Waals surface area contributed by atoms with Crippen LogP contribution >= 0.6 is 11.3 Å². The Bertz CT molecular complexity index is 1230. The molecule has 6 nitrogen and oxygen atoms in total. The van der Waals surface area contributed by atoms with Crippen LogP contribution in [0.25, 0.3) is 10.6 Å². The van der Waals surface area contributed by atoms with Crippen LogP contribution in [0.5, 0.6) is 0 Å². The highest BCUT2D eigenvalue weighted by molar-refractivity contribution is 7.91. The van der Waals surface area contributed by atoms with Crippen LogP contribution in [0, 0.1) is 5.41 Å². The molecule has 1 unspecified atom stereocenters. The van der Waals surface area contributed by atoms with Gasteiger partial charge in [-0.25, -0.2) is 8.42 Å². The van der Waals surface area contributed by atoms with Gasteiger partial charge in [0.05, 0.1) is 4.88 Å². The van der Waals surface area contributed by atoms with Crippen molar-refractivity contribution in [3.8, 4) is 10.6 Å². The number of nitrogens with zero attached hydrogens (tertiary/aromatic N) is 2. The van der Waals surface area contributed by atoms with Crippen LogP contribution in [-0.4, -0.2) is 36.8 Å². The summed E-state index contributed by atoms with van der Waals surface area (Å²) in [5.41, 5.74) is 2.54. The molecule has 0 saturated carbocycles. The van der Waals surface area contributed by atoms with Crippen molar-refractivity contribution in [2.45, 2.75) is 29.9 Å². The molecule has 1 fully saturated rings. The third kappa shape index (κ3) is 3.79. The Morgan fingerprint density at radius 3 is 2.71 bits per heavy atom. The summed E-state index contributed by atoms with van der Waals surface area (Å²) in [6, 6.07) is 15.2. The number of carbonyl (C=O) groups is 1. The van der Waals surface area contributed by atoms with Crippen LogP contribution in [0.3, 0.4) is 0 Å². The lowest BCUT2D eigenvalue weighted by Crippen LogP contribution is -2.49. The first-order valence-corrected chi connectivity index (χ1v) is 12.5. The molecule has 0 amide bonds. The molecule has 0 bridgehead atoms. The normalized spacial score (nSPS) is 22.2. The van der Waals surface area contributed by atoms with Crippen LogP contribution in [0.1, 0.15) is 24.8 Å². The second kappa shape index (κ2) is 7.85. The van der Waals surface area contributed by atoms with E-state index in [2.05, 4.69) is 17.3 Å². The Morgan fingerprint density at radius 1 is 1.10 bits per heavy atom. The lowest BCUT2D eigenvalue weighted by Gasteiger charge is -2.46. The van der Waals surface area contributed by atoms with Gasteiger partial charge in [0.15, 0.2) is 5.78 Å². The summed E-state index contributed by atoms with van der Waals surface area (Å²) in [5, 5.41) is 3.90. The molecule has 5 rings (SSSR count). The van der Waals surface area contributed by atoms with Crippen LogP contribution in [-0.2, 0) is 21.2 Å². The van der Waals surface area contributed by atoms with Gasteiger partial charge in [-0.1, -0.05) is 41.1 Å². The van der Waals surface area contributed by atoms with Crippen molar-refractivity contribution in [3.63, 3.8) is 0 Å². The number of fused-ring (bicyclic) bond motifs is 1. The van der Waals surface area contributed by atoms with Gasteiger partial charge in [0.25, 0.3) is 10.0 Å². The molecule has 2 aliphatic rings. The fourth-order valence-corrected chi connectivity index (χ4v) is 7.58. The second-order valence-corrected chi connectivity index (χ2v) is 11.4. The van der Waals surface area contributed by atoms with E-state index in [0.29, 0.717) is 42.3 Å². The van der Waals surface area contributed by atoms with Crippen LogP contribution in [0.4, 0.5) is 0 Å². The van der Waals surface area contributed by atoms with Gasteiger partial charge in [0.1, 0.15) is 16.2 Å². The molecule has 1 saturated heterocycles. The molecule has 3 aromatic rings. The van der Waals surface area contributed by atoms with E-state index in [-0.39, 0.29) is 11.2 Å². The molecule has 1 aromatic carbocycles. The van der Waals surface area contributed by atoms with Crippen molar-refractivity contribution in [1.82, 2.24) is 9.46 Å². The number of sulfonamides is 1. The summed E-state index contributed by atoms with van der Waals surface area (Å²) in [6.07, 6.45) is 5.68. The summed E-state index contributed by atoms with van der Waals surface area (Å²) < 4.78 is 33.8. The van der Waals surface area contributed by atoms with Gasteiger partial charge < -0.3 is 4.52 Å². The van der Waals surface area contributed by atoms with Crippen molar-refractivity contribution < 1.29 is 17.7 Å². The molecular weight excluding hydrogens is 432 g/mol. The summed E-state index contributed by atoms with van der Waals surface area (Å²) in [6.45, 7) is 0.774. The molecule has 2 aromatic heterocycles. The zero-order valence-corrected chi connectivity index (χ0v) is 18.5. The second-order valence-electron chi connectivity index (χ2n) is 8.17. The van der Waals surface area contributed by atoms with Crippen LogP contribution < -0.4 is 0 Å². The fourth-order valence-electron chi connectivity index (χ4n) is 4.64. The molecule has 0 spiro atoms. The van der Waals surface area contributed by atoms with Crippen molar-refractivity contribution in [3.05, 3.63) is 72.0 Å². The standard InChI is InChI=1S/C23H22N2O4S2/c26-19-8-11-23(15-17-4-2-1-3-5-17)16-25(12-9-18(23)14-19)31(27,28)22-7-6-21(30-22)20-10-13-29-24-20/h1-7,10,13-14H,8-9,11-12,15-16H2. The minimum Gasteiger partial charge on any atom is -0.364 e. The highest BCUT2D eigenvalue weighted by Gasteiger charge is 2.45. The third-order valence-electron chi connectivity index (χ3n) is 6.23. The molecule has 31 heavy (non-hydrogen) atoms. The molecule has 1 atom stereocenters. The molecule has 0 N–H and O–H groups in total. The third-order valence-corrected chi connectivity index (χ3v) is 9.65. The number of aromatic nitrogens is 1. The van der Waals surface area contributed by atoms with Gasteiger partial charge in [0.2, 0.25) is 0 Å². The zero-order chi connectivity index (χ0) is 21.5. The number of thiophene rings is 1. The Balaban J connectivity index is 1.47. The summed E-state index contributed by atoms with van der Waals surface area (Å²) in [7, 11) is -3.65. The van der Waals surface area contributed by atoms with E-state index in [1.165, 1.54) is 17.6 Å². The maximum atomic E-state index is 13.5. The lowest BCUT2D eigenvalue weighted by atomic mass is 9.66. The van der Waals surface area contributed by atoms with E-state index in [0.717, 1.165) is 22.4 Å². The number of hydrogen-bond acceptors (Lipinski definition) is 6. The lowest BCUT2D eigenvalue weighted by molar-refractivity contribution is -0.116. The largest absolute Gasteiger partial charge is 0.364 e. The number of benzene rings is 1. The molecule has 3 heterocycles. The van der Waals surface area contributed by atoms with E-state index in [1.807, 2.05) is 18.2 Å². The maximum absolute atomic E-state index is 13.5. The van der Waals surface area contributed by atoms with Gasteiger partial charge in [-0.15, -0.1) is 11.3 Å². The Hall–Kier alpha value is -2.55. The van der Waals surface area contributed by atoms with E-state index in [1.54, 1.807) is 28.6 Å². The quantitative estimate of drug-likeness (QED) is 0.574. The summed E-state index contributed by atoms with van der Waals surface area (Å²) in [5.74, 6) is 0.144. The average Bonchev–Trinajstić information content (AvgIpc) is 3.46. The topological polar surface area (TPSA) is 80.5 Å². The monoisotopic (exact) mass is 454 g/mol. The number of ketones is 1. The van der Waals surface area contributed by atoms with Gasteiger partial charge in [-0.3, -0.25) is 4.79 Å². The minimum atomic E-state index is -3.65. The fraction of sp³-hybridized carbons (Fsp3) is 0.304. The smallest absolute Gasteiger partial charge is 0.252 e. The van der Waals surface area contributed by atoms with Crippen molar-refractivity contribution in [2.24, 2.45) is 5.41 Å². The predicted molar refractivity (Wildman–Crippen MR) is 118 cm³/mol. The number of allylic oxidation sites excluding steroid dienone is 1. The summed E-state index contributed by atoms with van der Waals surface area (Å²) >= 11 is 1.20. The maximum Gasteiger partial charge on any atom is 0.252 e. The Labute approximate surface area is 185 Å². The number of hydrogen-bond donors (Lipinski definition) is 0. The molecule has 1 aliphatic heterocycles. The van der Waals surface area contributed by atoms with E-state index in [4.69, 9.17) is 4.52 Å². The van der Waals surface area contributed by atoms with Gasteiger partial charge in [-0.05, 0) is 43.0 Å². The Kier molecular flexibility index (Phi) is 5.16. The molecule has 0 radical (unpaired) electrons. The molecule has 8 heteroatoms. The number of piperidine rings is 1. The van der Waals surface area contributed by atoms with E-state index in [9.17, 15) is 13.2 Å². The highest BCUT2D eigenvalue weighted by atomic mass is 32.2. The molecule has 160 valence electrons. The summed E-state index contributed by atoms with van der Waals surface area (Å²) in [4.78, 5) is 12.9. The Morgan fingerprint density at radius 2 is 1.94 bits per heavy atom. The SMILES string of the molecule is O=C1C=C2CCN(S(=O)(=O)c3ccc(-c4ccon4)s3)CC2(Cc2ccccc2)CC1. The zero-order valence-electron chi connectivity index (χ0n) is 16.9. The van der Waals surface area contributed by atoms with Crippen LogP contribution in [0.15, 0.2) is 75.2 Å². The first-order chi connectivity index (χ1) is 15.0.